The summed E-state index contributed by atoms with van der Waals surface area (Å²) in [6, 6.07) is 9.90. The fourth-order valence-electron chi connectivity index (χ4n) is 12.7. The van der Waals surface area contributed by atoms with Crippen LogP contribution in [0.1, 0.15) is 126 Å². The smallest absolute Gasteiger partial charge is 0.312 e. The maximum absolute atomic E-state index is 14.9. The first kappa shape index (κ1) is 36.3. The van der Waals surface area contributed by atoms with Crippen LogP contribution in [0.25, 0.3) is 0 Å². The SMILES string of the molecule is C/C=C(\C)[C@H](C)CC1C[C@]2(C)C(=CC(=O)[C@@H]3[C@@]4(C)CC[C@H](O)[C@@](C)(C=O)[C@@H]4CC[C@]32C)[C@@H]2C[C@@](C)(C(=O)OCc3ccccc3)CC[C@]12C. The number of benzene rings is 1. The molecule has 0 aromatic heterocycles. The third-order valence-electron chi connectivity index (χ3n) is 16.4. The van der Waals surface area contributed by atoms with Crippen molar-refractivity contribution in [3.63, 3.8) is 0 Å². The summed E-state index contributed by atoms with van der Waals surface area (Å²) in [5.41, 5.74) is 1.23. The summed E-state index contributed by atoms with van der Waals surface area (Å²) in [7, 11) is 0. The highest BCUT2D eigenvalue weighted by atomic mass is 16.5. The molecule has 1 aromatic rings. The molecule has 1 unspecified atom stereocenters. The third kappa shape index (κ3) is 5.29. The quantitative estimate of drug-likeness (QED) is 0.178. The maximum atomic E-state index is 14.9. The second kappa shape index (κ2) is 12.3. The van der Waals surface area contributed by atoms with E-state index in [1.165, 1.54) is 11.1 Å². The molecule has 0 amide bonds. The van der Waals surface area contributed by atoms with Gasteiger partial charge in [-0.05, 0) is 136 Å². The normalized spacial score (nSPS) is 45.5. The van der Waals surface area contributed by atoms with Crippen LogP contribution in [0.3, 0.4) is 0 Å². The number of rotatable bonds is 7. The number of hydrogen-bond acceptors (Lipinski definition) is 5. The molecule has 5 aliphatic rings. The van der Waals surface area contributed by atoms with Crippen LogP contribution in [0.5, 0.6) is 0 Å². The van der Waals surface area contributed by atoms with Crippen molar-refractivity contribution >= 4 is 18.0 Å². The Morgan fingerprint density at radius 1 is 0.980 bits per heavy atom. The number of aliphatic hydroxyl groups excluding tert-OH is 1. The summed E-state index contributed by atoms with van der Waals surface area (Å²) in [4.78, 5) is 41.5. The van der Waals surface area contributed by atoms with Crippen molar-refractivity contribution in [2.75, 3.05) is 0 Å². The summed E-state index contributed by atoms with van der Waals surface area (Å²) in [5, 5.41) is 11.1. The van der Waals surface area contributed by atoms with Gasteiger partial charge in [0.1, 0.15) is 12.9 Å². The first-order valence-electron chi connectivity index (χ1n) is 19.2. The zero-order valence-corrected chi connectivity index (χ0v) is 31.7. The summed E-state index contributed by atoms with van der Waals surface area (Å²) in [6.07, 6.45) is 12.1. The van der Waals surface area contributed by atoms with Gasteiger partial charge in [-0.2, -0.15) is 0 Å². The summed E-state index contributed by atoms with van der Waals surface area (Å²) in [5.74, 6) is 0.780. The summed E-state index contributed by atoms with van der Waals surface area (Å²) < 4.78 is 6.04. The third-order valence-corrected chi connectivity index (χ3v) is 16.4. The van der Waals surface area contributed by atoms with E-state index in [9.17, 15) is 19.5 Å². The second-order valence-corrected chi connectivity index (χ2v) is 18.8. The molecule has 0 aliphatic heterocycles. The molecule has 0 heterocycles. The Morgan fingerprint density at radius 2 is 1.67 bits per heavy atom. The van der Waals surface area contributed by atoms with Gasteiger partial charge in [0.2, 0.25) is 0 Å². The average Bonchev–Trinajstić information content (AvgIpc) is 3.07. The minimum Gasteiger partial charge on any atom is -0.460 e. The van der Waals surface area contributed by atoms with E-state index >= 15 is 0 Å². The Labute approximate surface area is 295 Å². The van der Waals surface area contributed by atoms with Gasteiger partial charge < -0.3 is 14.6 Å². The summed E-state index contributed by atoms with van der Waals surface area (Å²) in [6.45, 7) is 20.6. The van der Waals surface area contributed by atoms with E-state index in [0.717, 1.165) is 56.8 Å². The van der Waals surface area contributed by atoms with Crippen molar-refractivity contribution in [1.82, 2.24) is 0 Å². The lowest BCUT2D eigenvalue weighted by molar-refractivity contribution is -0.207. The van der Waals surface area contributed by atoms with Crippen molar-refractivity contribution in [2.24, 2.45) is 62.1 Å². The number of ether oxygens (including phenoxy) is 1. The lowest BCUT2D eigenvalue weighted by atomic mass is 9.32. The Morgan fingerprint density at radius 3 is 2.33 bits per heavy atom. The van der Waals surface area contributed by atoms with Crippen molar-refractivity contribution in [3.05, 3.63) is 59.2 Å². The van der Waals surface area contributed by atoms with Gasteiger partial charge in [0, 0.05) is 5.92 Å². The first-order chi connectivity index (χ1) is 22.9. The van der Waals surface area contributed by atoms with Gasteiger partial charge in [-0.15, -0.1) is 0 Å². The van der Waals surface area contributed by atoms with Crippen molar-refractivity contribution in [3.8, 4) is 0 Å². The molecule has 1 N–H and O–H groups in total. The molecule has 1 aromatic carbocycles. The topological polar surface area (TPSA) is 80.7 Å². The minimum absolute atomic E-state index is 0.0392. The van der Waals surface area contributed by atoms with E-state index in [1.54, 1.807) is 0 Å². The van der Waals surface area contributed by atoms with Crippen LogP contribution in [-0.2, 0) is 25.7 Å². The number of hydrogen-bond donors (Lipinski definition) is 1. The molecule has 0 radical (unpaired) electrons. The number of carbonyl (C=O) groups excluding carboxylic acids is 3. The van der Waals surface area contributed by atoms with Crippen LogP contribution in [0.2, 0.25) is 0 Å². The van der Waals surface area contributed by atoms with Gasteiger partial charge >= 0.3 is 5.97 Å². The molecule has 0 spiro atoms. The van der Waals surface area contributed by atoms with Crippen LogP contribution in [0, 0.1) is 62.1 Å². The van der Waals surface area contributed by atoms with Crippen molar-refractivity contribution < 1.29 is 24.2 Å². The Kier molecular flexibility index (Phi) is 9.11. The molecule has 49 heavy (non-hydrogen) atoms. The minimum atomic E-state index is -0.849. The predicted molar refractivity (Wildman–Crippen MR) is 194 cm³/mol. The standard InChI is InChI=1S/C44H62O5/c1-10-28(2)29(3)22-31-24-44(9)32(33-25-39(4,20-21-40(31,33)5)38(48)49-26-30-14-12-11-13-15-30)23-34(46)37-41(6)18-17-36(47)42(7,27-45)35(41)16-19-43(37,44)8/h10-15,23,27,29,31,33,35-37,47H,16-22,24-26H2,1-9H3/b28-10+/t29-,31?,33+,35-,36+,37-,39+,40-,41+,42+,43-,44-/m1/s1. The highest BCUT2D eigenvalue weighted by molar-refractivity contribution is 5.96. The van der Waals surface area contributed by atoms with E-state index in [0.29, 0.717) is 24.7 Å². The number of ketones is 1. The lowest BCUT2D eigenvalue weighted by Crippen LogP contribution is -2.68. The molecule has 5 heteroatoms. The van der Waals surface area contributed by atoms with Crippen molar-refractivity contribution in [1.29, 1.82) is 0 Å². The van der Waals surface area contributed by atoms with Crippen LogP contribution in [-0.4, -0.2) is 29.2 Å². The van der Waals surface area contributed by atoms with Gasteiger partial charge in [0.05, 0.1) is 16.9 Å². The van der Waals surface area contributed by atoms with Crippen LogP contribution in [0.15, 0.2) is 53.6 Å². The monoisotopic (exact) mass is 670 g/mol. The molecule has 0 saturated heterocycles. The van der Waals surface area contributed by atoms with E-state index < -0.39 is 16.9 Å². The lowest BCUT2D eigenvalue weighted by Gasteiger charge is -2.71. The molecule has 0 bridgehead atoms. The van der Waals surface area contributed by atoms with E-state index in [1.807, 2.05) is 43.3 Å². The predicted octanol–water partition coefficient (Wildman–Crippen LogP) is 9.47. The molecule has 4 saturated carbocycles. The molecule has 12 atom stereocenters. The molecular formula is C44H62O5. The molecule has 5 nitrogen and oxygen atoms in total. The van der Waals surface area contributed by atoms with Crippen LogP contribution < -0.4 is 0 Å². The molecule has 5 aliphatic carbocycles. The van der Waals surface area contributed by atoms with Gasteiger partial charge in [-0.25, -0.2) is 0 Å². The van der Waals surface area contributed by atoms with Gasteiger partial charge in [0.25, 0.3) is 0 Å². The van der Waals surface area contributed by atoms with Gasteiger partial charge in [-0.1, -0.05) is 89.1 Å². The van der Waals surface area contributed by atoms with E-state index in [2.05, 4.69) is 61.5 Å². The zero-order valence-electron chi connectivity index (χ0n) is 31.7. The van der Waals surface area contributed by atoms with Gasteiger partial charge in [-0.3, -0.25) is 9.59 Å². The van der Waals surface area contributed by atoms with Crippen LogP contribution >= 0.6 is 0 Å². The Bertz CT molecular complexity index is 1540. The number of aldehydes is 1. The average molecular weight is 671 g/mol. The summed E-state index contributed by atoms with van der Waals surface area (Å²) >= 11 is 0. The highest BCUT2D eigenvalue weighted by Crippen LogP contribution is 2.76. The Hall–Kier alpha value is -2.53. The van der Waals surface area contributed by atoms with E-state index in [4.69, 9.17) is 4.74 Å². The largest absolute Gasteiger partial charge is 0.460 e. The molecule has 268 valence electrons. The number of allylic oxidation sites excluding steroid dienone is 4. The second-order valence-electron chi connectivity index (χ2n) is 18.8. The molecular weight excluding hydrogens is 608 g/mol. The fraction of sp³-hybridized carbons (Fsp3) is 0.705. The fourth-order valence-corrected chi connectivity index (χ4v) is 12.7. The first-order valence-corrected chi connectivity index (χ1v) is 19.2. The number of aliphatic hydroxyl groups is 1. The van der Waals surface area contributed by atoms with Crippen LogP contribution in [0.4, 0.5) is 0 Å². The van der Waals surface area contributed by atoms with Gasteiger partial charge in [0.15, 0.2) is 5.78 Å². The molecule has 6 rings (SSSR count). The van der Waals surface area contributed by atoms with E-state index in [-0.39, 0.29) is 57.8 Å². The number of carbonyl (C=O) groups is 3. The number of fused-ring (bicyclic) bond motifs is 7. The maximum Gasteiger partial charge on any atom is 0.312 e. The molecule has 4 fully saturated rings. The van der Waals surface area contributed by atoms with Crippen molar-refractivity contribution in [2.45, 2.75) is 133 Å². The number of esters is 1. The highest BCUT2D eigenvalue weighted by Gasteiger charge is 2.72. The Balaban J connectivity index is 1.43. The zero-order chi connectivity index (χ0) is 35.8.